The van der Waals surface area contributed by atoms with Crippen LogP contribution in [0.3, 0.4) is 0 Å². The molecule has 8 heteroatoms. The van der Waals surface area contributed by atoms with Gasteiger partial charge >= 0.3 is 0 Å². The molecule has 1 heterocycles. The zero-order valence-corrected chi connectivity index (χ0v) is 15.9. The monoisotopic (exact) mass is 372 g/mol. The molecule has 24 heavy (non-hydrogen) atoms. The highest BCUT2D eigenvalue weighted by Crippen LogP contribution is 2.36. The average molecular weight is 373 g/mol. The quantitative estimate of drug-likeness (QED) is 0.864. The standard InChI is InChI=1S/C16H21ClN2O4S/c1-15(2,3)18-13(20)11-8-10(6-7-12(11)17)19-14(21)16(4,5)9-24(19,22)23/h6-8H,9H2,1-5H3,(H,18,20). The normalized spacial score (nSPS) is 19.4. The van der Waals surface area contributed by atoms with Crippen molar-refractivity contribution in [1.82, 2.24) is 5.32 Å². The first-order chi connectivity index (χ1) is 10.7. The molecule has 6 nitrogen and oxygen atoms in total. The Kier molecular flexibility index (Phi) is 4.48. The minimum Gasteiger partial charge on any atom is -0.347 e. The van der Waals surface area contributed by atoms with Gasteiger partial charge in [0.25, 0.3) is 5.91 Å². The summed E-state index contributed by atoms with van der Waals surface area (Å²) in [5, 5.41) is 2.95. The van der Waals surface area contributed by atoms with Crippen molar-refractivity contribution in [3.05, 3.63) is 28.8 Å². The van der Waals surface area contributed by atoms with Crippen molar-refractivity contribution in [3.8, 4) is 0 Å². The lowest BCUT2D eigenvalue weighted by Gasteiger charge is -2.22. The first kappa shape index (κ1) is 18.7. The van der Waals surface area contributed by atoms with E-state index in [9.17, 15) is 18.0 Å². The number of hydrogen-bond acceptors (Lipinski definition) is 4. The fraction of sp³-hybridized carbons (Fsp3) is 0.500. The molecule has 1 N–H and O–H groups in total. The Morgan fingerprint density at radius 3 is 2.33 bits per heavy atom. The number of nitrogens with zero attached hydrogens (tertiary/aromatic N) is 1. The number of halogens is 1. The van der Waals surface area contributed by atoms with Gasteiger partial charge in [0.2, 0.25) is 15.9 Å². The summed E-state index contributed by atoms with van der Waals surface area (Å²) in [6.07, 6.45) is 0. The average Bonchev–Trinajstić information content (AvgIpc) is 2.53. The number of benzene rings is 1. The summed E-state index contributed by atoms with van der Waals surface area (Å²) in [7, 11) is -3.78. The van der Waals surface area contributed by atoms with Crippen LogP contribution in [-0.4, -0.2) is 31.5 Å². The smallest absolute Gasteiger partial charge is 0.253 e. The number of carbonyl (C=O) groups is 2. The Bertz CT molecular complexity index is 810. The van der Waals surface area contributed by atoms with Gasteiger partial charge in [-0.3, -0.25) is 9.59 Å². The molecule has 2 amide bonds. The maximum Gasteiger partial charge on any atom is 0.253 e. The largest absolute Gasteiger partial charge is 0.347 e. The Balaban J connectivity index is 2.49. The minimum absolute atomic E-state index is 0.119. The fourth-order valence-corrected chi connectivity index (χ4v) is 4.79. The highest BCUT2D eigenvalue weighted by Gasteiger charge is 2.50. The van der Waals surface area contributed by atoms with Crippen LogP contribution >= 0.6 is 11.6 Å². The van der Waals surface area contributed by atoms with E-state index < -0.39 is 32.8 Å². The van der Waals surface area contributed by atoms with E-state index in [0.717, 1.165) is 4.31 Å². The highest BCUT2D eigenvalue weighted by molar-refractivity contribution is 7.94. The van der Waals surface area contributed by atoms with Gasteiger partial charge in [-0.15, -0.1) is 0 Å². The molecular weight excluding hydrogens is 352 g/mol. The molecule has 1 saturated heterocycles. The van der Waals surface area contributed by atoms with Crippen LogP contribution in [0.4, 0.5) is 5.69 Å². The van der Waals surface area contributed by atoms with E-state index in [-0.39, 0.29) is 22.0 Å². The van der Waals surface area contributed by atoms with E-state index in [1.807, 2.05) is 20.8 Å². The Morgan fingerprint density at radius 2 is 1.88 bits per heavy atom. The summed E-state index contributed by atoms with van der Waals surface area (Å²) in [5.41, 5.74) is -1.24. The third-order valence-electron chi connectivity index (χ3n) is 3.50. The maximum atomic E-state index is 12.5. The number of amides is 2. The van der Waals surface area contributed by atoms with Gasteiger partial charge in [-0.25, -0.2) is 12.7 Å². The predicted octanol–water partition coefficient (Wildman–Crippen LogP) is 2.57. The van der Waals surface area contributed by atoms with Crippen LogP contribution in [0.15, 0.2) is 18.2 Å². The number of rotatable bonds is 2. The van der Waals surface area contributed by atoms with E-state index in [4.69, 9.17) is 11.6 Å². The summed E-state index contributed by atoms with van der Waals surface area (Å²) in [5.74, 6) is -1.23. The van der Waals surface area contributed by atoms with Crippen molar-refractivity contribution in [2.75, 3.05) is 10.1 Å². The topological polar surface area (TPSA) is 83.6 Å². The van der Waals surface area contributed by atoms with Gasteiger partial charge in [0, 0.05) is 5.54 Å². The van der Waals surface area contributed by atoms with Crippen LogP contribution in [0.25, 0.3) is 0 Å². The van der Waals surface area contributed by atoms with E-state index in [1.165, 1.54) is 18.2 Å². The van der Waals surface area contributed by atoms with Crippen molar-refractivity contribution in [3.63, 3.8) is 0 Å². The van der Waals surface area contributed by atoms with E-state index >= 15 is 0 Å². The fourth-order valence-electron chi connectivity index (χ4n) is 2.48. The molecule has 0 unspecified atom stereocenters. The Morgan fingerprint density at radius 1 is 1.29 bits per heavy atom. The summed E-state index contributed by atoms with van der Waals surface area (Å²) in [4.78, 5) is 24.8. The Hall–Kier alpha value is -1.60. The second kappa shape index (κ2) is 5.74. The van der Waals surface area contributed by atoms with Crippen LogP contribution in [0.5, 0.6) is 0 Å². The molecule has 2 rings (SSSR count). The lowest BCUT2D eigenvalue weighted by Crippen LogP contribution is -2.40. The molecule has 1 fully saturated rings. The highest BCUT2D eigenvalue weighted by atomic mass is 35.5. The van der Waals surface area contributed by atoms with Crippen LogP contribution in [0, 0.1) is 5.41 Å². The van der Waals surface area contributed by atoms with Gasteiger partial charge in [-0.2, -0.15) is 0 Å². The van der Waals surface area contributed by atoms with Crippen LogP contribution in [0.1, 0.15) is 45.0 Å². The number of hydrogen-bond donors (Lipinski definition) is 1. The molecule has 1 aliphatic heterocycles. The van der Waals surface area contributed by atoms with Crippen molar-refractivity contribution in [2.45, 2.75) is 40.2 Å². The van der Waals surface area contributed by atoms with Gasteiger partial charge in [0.1, 0.15) is 0 Å². The minimum atomic E-state index is -3.78. The van der Waals surface area contributed by atoms with Gasteiger partial charge in [-0.05, 0) is 52.8 Å². The summed E-state index contributed by atoms with van der Waals surface area (Å²) in [6.45, 7) is 8.62. The molecule has 0 atom stereocenters. The molecular formula is C16H21ClN2O4S. The van der Waals surface area contributed by atoms with Gasteiger partial charge < -0.3 is 5.32 Å². The SMILES string of the molecule is CC(C)(C)NC(=O)c1cc(N2C(=O)C(C)(C)CS2(=O)=O)ccc1Cl. The van der Waals surface area contributed by atoms with Crippen LogP contribution in [0.2, 0.25) is 5.02 Å². The number of anilines is 1. The van der Waals surface area contributed by atoms with Crippen molar-refractivity contribution >= 4 is 39.1 Å². The van der Waals surface area contributed by atoms with Crippen molar-refractivity contribution in [1.29, 1.82) is 0 Å². The molecule has 0 aliphatic carbocycles. The summed E-state index contributed by atoms with van der Waals surface area (Å²) in [6, 6.07) is 4.18. The number of carbonyl (C=O) groups excluding carboxylic acids is 2. The van der Waals surface area contributed by atoms with Gasteiger partial charge in [-0.1, -0.05) is 11.6 Å². The van der Waals surface area contributed by atoms with Crippen molar-refractivity contribution in [2.24, 2.45) is 5.41 Å². The molecule has 1 aromatic rings. The lowest BCUT2D eigenvalue weighted by atomic mass is 9.95. The van der Waals surface area contributed by atoms with Crippen LogP contribution in [-0.2, 0) is 14.8 Å². The van der Waals surface area contributed by atoms with E-state index in [1.54, 1.807) is 13.8 Å². The van der Waals surface area contributed by atoms with Crippen molar-refractivity contribution < 1.29 is 18.0 Å². The third-order valence-corrected chi connectivity index (χ3v) is 5.85. The molecule has 0 radical (unpaired) electrons. The summed E-state index contributed by atoms with van der Waals surface area (Å²) >= 11 is 6.08. The van der Waals surface area contributed by atoms with Gasteiger partial charge in [0.05, 0.1) is 27.4 Å². The molecule has 0 spiro atoms. The molecule has 1 aromatic carbocycles. The van der Waals surface area contributed by atoms with Gasteiger partial charge in [0.15, 0.2) is 0 Å². The number of sulfonamides is 1. The second-order valence-electron chi connectivity index (χ2n) is 7.58. The third kappa shape index (κ3) is 3.57. The molecule has 132 valence electrons. The molecule has 0 saturated carbocycles. The zero-order chi connectivity index (χ0) is 18.5. The van der Waals surface area contributed by atoms with Crippen LogP contribution < -0.4 is 9.62 Å². The molecule has 0 aromatic heterocycles. The lowest BCUT2D eigenvalue weighted by molar-refractivity contribution is -0.123. The second-order valence-corrected chi connectivity index (χ2v) is 9.80. The first-order valence-corrected chi connectivity index (χ1v) is 9.43. The number of nitrogens with one attached hydrogen (secondary N) is 1. The first-order valence-electron chi connectivity index (χ1n) is 7.44. The zero-order valence-electron chi connectivity index (χ0n) is 14.3. The van der Waals surface area contributed by atoms with E-state index in [0.29, 0.717) is 0 Å². The summed E-state index contributed by atoms with van der Waals surface area (Å²) < 4.78 is 25.5. The van der Waals surface area contributed by atoms with E-state index in [2.05, 4.69) is 5.32 Å². The maximum absolute atomic E-state index is 12.5. The molecule has 0 bridgehead atoms. The molecule has 1 aliphatic rings. The Labute approximate surface area is 147 Å². The predicted molar refractivity (Wildman–Crippen MR) is 93.7 cm³/mol.